The summed E-state index contributed by atoms with van der Waals surface area (Å²) in [6.07, 6.45) is 111. The van der Waals surface area contributed by atoms with Crippen molar-refractivity contribution in [1.82, 2.24) is 51.9 Å². The van der Waals surface area contributed by atoms with Crippen LogP contribution >= 0.6 is 0 Å². The molecule has 0 spiro atoms. The van der Waals surface area contributed by atoms with E-state index in [2.05, 4.69) is 100 Å². The van der Waals surface area contributed by atoms with Gasteiger partial charge in [0.15, 0.2) is 0 Å². The molecular formula is C120H248N10O6. The van der Waals surface area contributed by atoms with E-state index < -0.39 is 12.2 Å². The minimum absolute atomic E-state index is 0.151. The molecule has 3 unspecified atom stereocenters. The van der Waals surface area contributed by atoms with Crippen molar-refractivity contribution in [2.45, 2.75) is 625 Å². The SMILES string of the molecule is CCCCCCCCCCCCCCN(CCCCN(CCCCCCCCCCCCCC)CC(O)CNCCCC(=O)NCCCCCCCCCCCC)CC(O)CNCCCC(=O)NCCCCCCCCCCCC.CCCCCCCCCCCCCCNCCCCN(CCCCCCCCCCCCC)CC(O)CNCCCC(=O)NCCCCCCCCCCCC. The van der Waals surface area contributed by atoms with Gasteiger partial charge in [-0.25, -0.2) is 0 Å². The van der Waals surface area contributed by atoms with Crippen LogP contribution in [0.3, 0.4) is 0 Å². The number of aliphatic hydroxyl groups excluding tert-OH is 3. The lowest BCUT2D eigenvalue weighted by molar-refractivity contribution is -0.122. The number of rotatable bonds is 118. The third-order valence-electron chi connectivity index (χ3n) is 28.6. The van der Waals surface area contributed by atoms with Gasteiger partial charge in [0, 0.05) is 78.2 Å². The van der Waals surface area contributed by atoms with Crippen LogP contribution in [-0.2, 0) is 14.4 Å². The molecule has 0 aromatic rings. The second-order valence-corrected chi connectivity index (χ2v) is 42.7. The van der Waals surface area contributed by atoms with Gasteiger partial charge in [-0.05, 0) is 162 Å². The molecule has 0 heterocycles. The summed E-state index contributed by atoms with van der Waals surface area (Å²) in [7, 11) is 0. The van der Waals surface area contributed by atoms with E-state index in [4.69, 9.17) is 0 Å². The maximum absolute atomic E-state index is 12.5. The Hall–Kier alpha value is -1.99. The Bertz CT molecular complexity index is 2150. The maximum atomic E-state index is 12.5. The van der Waals surface area contributed by atoms with Crippen molar-refractivity contribution < 1.29 is 29.7 Å². The van der Waals surface area contributed by atoms with Gasteiger partial charge in [-0.2, -0.15) is 0 Å². The van der Waals surface area contributed by atoms with Crippen LogP contribution in [0.2, 0.25) is 0 Å². The molecule has 0 aliphatic heterocycles. The fourth-order valence-electron chi connectivity index (χ4n) is 19.5. The molecule has 3 atom stereocenters. The first kappa shape index (κ1) is 136. The van der Waals surface area contributed by atoms with E-state index in [1.807, 2.05) is 0 Å². The summed E-state index contributed by atoms with van der Waals surface area (Å²) in [6, 6.07) is 0. The molecule has 10 N–H and O–H groups in total. The lowest BCUT2D eigenvalue weighted by Crippen LogP contribution is -2.41. The van der Waals surface area contributed by atoms with Crippen LogP contribution in [0.15, 0.2) is 0 Å². The molecular weight excluding hydrogens is 1680 g/mol. The summed E-state index contributed by atoms with van der Waals surface area (Å²) < 4.78 is 0. The summed E-state index contributed by atoms with van der Waals surface area (Å²) in [5, 5.41) is 56.8. The van der Waals surface area contributed by atoms with E-state index in [0.29, 0.717) is 52.0 Å². The van der Waals surface area contributed by atoms with E-state index in [1.165, 1.54) is 488 Å². The molecule has 0 radical (unpaired) electrons. The third-order valence-corrected chi connectivity index (χ3v) is 28.6. The van der Waals surface area contributed by atoms with Crippen LogP contribution in [0.25, 0.3) is 0 Å². The van der Waals surface area contributed by atoms with Gasteiger partial charge in [-0.3, -0.25) is 14.4 Å². The number of nitrogens with zero attached hydrogens (tertiary/aromatic N) is 3. The molecule has 0 saturated heterocycles. The first-order valence-corrected chi connectivity index (χ1v) is 61.8. The lowest BCUT2D eigenvalue weighted by Gasteiger charge is -2.27. The predicted octanol–water partition coefficient (Wildman–Crippen LogP) is 30.7. The highest BCUT2D eigenvalue weighted by Crippen LogP contribution is 2.21. The van der Waals surface area contributed by atoms with Gasteiger partial charge in [0.2, 0.25) is 17.7 Å². The number of nitrogens with one attached hydrogen (secondary N) is 7. The molecule has 0 bridgehead atoms. The summed E-state index contributed by atoms with van der Waals surface area (Å²) in [6.45, 7) is 33.0. The number of carbonyl (C=O) groups is 3. The van der Waals surface area contributed by atoms with Crippen LogP contribution in [0, 0.1) is 0 Å². The van der Waals surface area contributed by atoms with E-state index in [1.54, 1.807) is 0 Å². The van der Waals surface area contributed by atoms with Crippen LogP contribution < -0.4 is 37.2 Å². The quantitative estimate of drug-likeness (QED) is 0.0258. The summed E-state index contributed by atoms with van der Waals surface area (Å²) in [4.78, 5) is 44.8. The molecule has 16 nitrogen and oxygen atoms in total. The lowest BCUT2D eigenvalue weighted by atomic mass is 10.1. The van der Waals surface area contributed by atoms with Crippen molar-refractivity contribution in [3.8, 4) is 0 Å². The first-order chi connectivity index (χ1) is 67.0. The summed E-state index contributed by atoms with van der Waals surface area (Å²) >= 11 is 0. The van der Waals surface area contributed by atoms with E-state index in [9.17, 15) is 29.7 Å². The Morgan fingerprint density at radius 2 is 0.301 bits per heavy atom. The number of unbranched alkanes of at least 4 members (excludes halogenated alkanes) is 72. The fourth-order valence-corrected chi connectivity index (χ4v) is 19.5. The molecule has 0 rings (SSSR count). The van der Waals surface area contributed by atoms with Crippen molar-refractivity contribution in [2.75, 3.05) is 131 Å². The smallest absolute Gasteiger partial charge is 0.220 e. The van der Waals surface area contributed by atoms with Gasteiger partial charge < -0.3 is 67.2 Å². The second kappa shape index (κ2) is 120. The topological polar surface area (TPSA) is 206 Å². The Morgan fingerprint density at radius 3 is 0.485 bits per heavy atom. The second-order valence-electron chi connectivity index (χ2n) is 42.7. The minimum Gasteiger partial charge on any atom is -0.390 e. The molecule has 16 heteroatoms. The summed E-state index contributed by atoms with van der Waals surface area (Å²) in [5.74, 6) is 0.473. The highest BCUT2D eigenvalue weighted by atomic mass is 16.3. The average Bonchev–Trinajstić information content (AvgIpc) is 0.953. The van der Waals surface area contributed by atoms with Crippen LogP contribution in [0.5, 0.6) is 0 Å². The average molecular weight is 1930 g/mol. The van der Waals surface area contributed by atoms with E-state index >= 15 is 0 Å². The zero-order valence-electron chi connectivity index (χ0n) is 93.3. The standard InChI is InChI=1S/C70H144N6O4.C50H104N4O2/c1-5-9-13-17-21-25-29-31-35-39-43-47-59-75(65-67(77)63-71-55-51-53-69(79)73-57-45-41-37-33-27-23-19-15-11-7-3)61-49-50-62-76(60-48-44-40-36-32-30-26-22-18-14-10-6-2)66-68(78)64-72-56-52-54-70(80)74-58-46-42-38-34-28-24-20-16-12-8-4;1-4-7-10-13-16-19-22-23-25-28-31-34-41-51-42-36-38-46-54(45-37-33-30-27-24-20-17-14-11-8-5-2)48-49(55)47-52-43-39-40-50(56)53-44-35-32-29-26-21-18-15-12-9-6-3/h67-68,71-72,77-78H,5-66H2,1-4H3,(H,73,79)(H,74,80);49,51-52,55H,4-48H2,1-3H3,(H,53,56). The monoisotopic (exact) mass is 1930 g/mol. The van der Waals surface area contributed by atoms with E-state index in [0.717, 1.165) is 150 Å². The Balaban J connectivity index is 0. The highest BCUT2D eigenvalue weighted by molar-refractivity contribution is 5.76. The van der Waals surface area contributed by atoms with Crippen molar-refractivity contribution in [2.24, 2.45) is 0 Å². The fraction of sp³-hybridized carbons (Fsp3) is 0.975. The molecule has 0 fully saturated rings. The molecule has 0 aromatic heterocycles. The van der Waals surface area contributed by atoms with Gasteiger partial charge in [-0.15, -0.1) is 0 Å². The molecule has 0 aliphatic carbocycles. The van der Waals surface area contributed by atoms with E-state index in [-0.39, 0.29) is 23.8 Å². The normalized spacial score (nSPS) is 12.4. The van der Waals surface area contributed by atoms with Crippen LogP contribution in [-0.4, -0.2) is 197 Å². The van der Waals surface area contributed by atoms with Gasteiger partial charge in [0.1, 0.15) is 0 Å². The zero-order chi connectivity index (χ0) is 98.8. The number of amides is 3. The molecule has 0 aliphatic rings. The van der Waals surface area contributed by atoms with Gasteiger partial charge in [0.05, 0.1) is 18.3 Å². The van der Waals surface area contributed by atoms with Crippen molar-refractivity contribution in [3.05, 3.63) is 0 Å². The number of hydrogen-bond donors (Lipinski definition) is 10. The van der Waals surface area contributed by atoms with Crippen LogP contribution in [0.4, 0.5) is 0 Å². The van der Waals surface area contributed by atoms with Gasteiger partial charge in [0.25, 0.3) is 0 Å². The van der Waals surface area contributed by atoms with Crippen molar-refractivity contribution in [3.63, 3.8) is 0 Å². The Morgan fingerprint density at radius 1 is 0.169 bits per heavy atom. The largest absolute Gasteiger partial charge is 0.390 e. The highest BCUT2D eigenvalue weighted by Gasteiger charge is 2.18. The van der Waals surface area contributed by atoms with Gasteiger partial charge in [-0.1, -0.05) is 498 Å². The third kappa shape index (κ3) is 116. The Kier molecular flexibility index (Phi) is 120. The maximum Gasteiger partial charge on any atom is 0.220 e. The first-order valence-electron chi connectivity index (χ1n) is 61.8. The van der Waals surface area contributed by atoms with Crippen molar-refractivity contribution >= 4 is 17.7 Å². The molecule has 136 heavy (non-hydrogen) atoms. The predicted molar refractivity (Wildman–Crippen MR) is 599 cm³/mol. The zero-order valence-corrected chi connectivity index (χ0v) is 93.3. The molecule has 0 aromatic carbocycles. The van der Waals surface area contributed by atoms with Gasteiger partial charge >= 0.3 is 0 Å². The number of hydrogen-bond acceptors (Lipinski definition) is 13. The molecule has 814 valence electrons. The van der Waals surface area contributed by atoms with Crippen LogP contribution in [0.1, 0.15) is 607 Å². The number of carbonyl (C=O) groups excluding carboxylic acids is 3. The molecule has 0 saturated carbocycles. The molecule has 3 amide bonds. The summed E-state index contributed by atoms with van der Waals surface area (Å²) in [5.41, 5.74) is 0. The Labute approximate surface area is 850 Å². The minimum atomic E-state index is -0.439. The number of aliphatic hydroxyl groups is 3. The van der Waals surface area contributed by atoms with Crippen molar-refractivity contribution in [1.29, 1.82) is 0 Å².